The third-order valence-corrected chi connectivity index (χ3v) is 5.27. The molecular formula is C20H13Cl2N3O3S. The number of rotatable bonds is 5. The van der Waals surface area contributed by atoms with Gasteiger partial charge in [0.15, 0.2) is 5.58 Å². The molecule has 0 amide bonds. The summed E-state index contributed by atoms with van der Waals surface area (Å²) in [4.78, 5) is 16.8. The van der Waals surface area contributed by atoms with Crippen LogP contribution in [0.15, 0.2) is 62.2 Å². The Kier molecular flexibility index (Phi) is 5.53. The first-order chi connectivity index (χ1) is 14.0. The topological polar surface area (TPSA) is 76.7 Å². The van der Waals surface area contributed by atoms with Gasteiger partial charge < -0.3 is 9.15 Å². The standard InChI is InChI=1S/C20H13Cl2N3O3S/c1-27-14-4-2-11(3-5-14)9-23-25-20-24-17(10-29-20)15-7-12-6-13(21)8-16(22)18(12)28-19(15)26/h2-10H,1H3,(H,24,25)/b23-9+. The van der Waals surface area contributed by atoms with Crippen molar-refractivity contribution in [3.8, 4) is 17.0 Å². The van der Waals surface area contributed by atoms with Crippen LogP contribution in [-0.4, -0.2) is 18.3 Å². The third-order valence-electron chi connectivity index (χ3n) is 4.02. The number of halogens is 2. The Bertz CT molecular complexity index is 1270. The lowest BCUT2D eigenvalue weighted by molar-refractivity contribution is 0.415. The molecule has 0 fully saturated rings. The number of ether oxygens (including phenoxy) is 1. The van der Waals surface area contributed by atoms with E-state index in [1.165, 1.54) is 17.4 Å². The number of fused-ring (bicyclic) bond motifs is 1. The SMILES string of the molecule is COc1ccc(/C=N/Nc2nc(-c3cc4cc(Cl)cc(Cl)c4oc3=O)cs2)cc1. The monoisotopic (exact) mass is 445 g/mol. The number of methoxy groups -OCH3 is 1. The summed E-state index contributed by atoms with van der Waals surface area (Å²) < 4.78 is 10.5. The lowest BCUT2D eigenvalue weighted by Gasteiger charge is -2.02. The molecule has 9 heteroatoms. The van der Waals surface area contributed by atoms with Crippen LogP contribution in [0.5, 0.6) is 5.75 Å². The molecule has 0 spiro atoms. The van der Waals surface area contributed by atoms with Crippen molar-refractivity contribution >= 4 is 56.9 Å². The van der Waals surface area contributed by atoms with Crippen LogP contribution in [0.1, 0.15) is 5.56 Å². The summed E-state index contributed by atoms with van der Waals surface area (Å²) in [5.41, 5.74) is 4.32. The first-order valence-corrected chi connectivity index (χ1v) is 9.99. The van der Waals surface area contributed by atoms with E-state index >= 15 is 0 Å². The normalized spacial score (nSPS) is 11.3. The maximum atomic E-state index is 12.4. The van der Waals surface area contributed by atoms with Gasteiger partial charge in [-0.15, -0.1) is 11.3 Å². The highest BCUT2D eigenvalue weighted by Crippen LogP contribution is 2.30. The fourth-order valence-corrected chi connectivity index (χ4v) is 3.84. The first-order valence-electron chi connectivity index (χ1n) is 8.35. The highest BCUT2D eigenvalue weighted by atomic mass is 35.5. The van der Waals surface area contributed by atoms with Crippen LogP contribution < -0.4 is 15.8 Å². The minimum absolute atomic E-state index is 0.282. The van der Waals surface area contributed by atoms with Gasteiger partial charge in [-0.1, -0.05) is 23.2 Å². The summed E-state index contributed by atoms with van der Waals surface area (Å²) in [6.07, 6.45) is 1.66. The van der Waals surface area contributed by atoms with Crippen molar-refractivity contribution in [3.05, 3.63) is 73.9 Å². The number of thiazole rings is 1. The molecule has 0 atom stereocenters. The second-order valence-corrected chi connectivity index (χ2v) is 7.64. The lowest BCUT2D eigenvalue weighted by atomic mass is 10.1. The van der Waals surface area contributed by atoms with Crippen molar-refractivity contribution in [2.24, 2.45) is 5.10 Å². The number of hydrazone groups is 1. The van der Waals surface area contributed by atoms with E-state index in [4.69, 9.17) is 32.4 Å². The van der Waals surface area contributed by atoms with Gasteiger partial charge in [-0.2, -0.15) is 5.10 Å². The van der Waals surface area contributed by atoms with Crippen molar-refractivity contribution in [1.29, 1.82) is 0 Å². The fraction of sp³-hybridized carbons (Fsp3) is 0.0500. The van der Waals surface area contributed by atoms with Crippen LogP contribution in [0.25, 0.3) is 22.2 Å². The summed E-state index contributed by atoms with van der Waals surface area (Å²) >= 11 is 13.5. The molecule has 0 unspecified atom stereocenters. The van der Waals surface area contributed by atoms with Gasteiger partial charge in [0.05, 0.1) is 29.6 Å². The van der Waals surface area contributed by atoms with Crippen LogP contribution in [0.2, 0.25) is 10.0 Å². The average molecular weight is 446 g/mol. The number of nitrogens with zero attached hydrogens (tertiary/aromatic N) is 2. The second kappa shape index (κ2) is 8.24. The summed E-state index contributed by atoms with van der Waals surface area (Å²) in [5, 5.41) is 7.81. The first kappa shape index (κ1) is 19.4. The van der Waals surface area contributed by atoms with E-state index in [9.17, 15) is 4.79 Å². The molecule has 4 rings (SSSR count). The molecule has 0 bridgehead atoms. The maximum absolute atomic E-state index is 12.4. The van der Waals surface area contributed by atoms with Gasteiger partial charge in [0, 0.05) is 15.8 Å². The smallest absolute Gasteiger partial charge is 0.345 e. The van der Waals surface area contributed by atoms with Crippen LogP contribution in [-0.2, 0) is 0 Å². The maximum Gasteiger partial charge on any atom is 0.345 e. The predicted octanol–water partition coefficient (Wildman–Crippen LogP) is 5.68. The number of hydrogen-bond acceptors (Lipinski definition) is 7. The van der Waals surface area contributed by atoms with E-state index in [0.29, 0.717) is 32.4 Å². The highest BCUT2D eigenvalue weighted by molar-refractivity contribution is 7.14. The van der Waals surface area contributed by atoms with Gasteiger partial charge in [-0.05, 0) is 48.0 Å². The Labute approximate surface area is 179 Å². The van der Waals surface area contributed by atoms with Crippen LogP contribution in [0.3, 0.4) is 0 Å². The molecule has 2 aromatic heterocycles. The van der Waals surface area contributed by atoms with E-state index in [1.807, 2.05) is 24.3 Å². The zero-order chi connectivity index (χ0) is 20.4. The van der Waals surface area contributed by atoms with Crippen molar-refractivity contribution < 1.29 is 9.15 Å². The summed E-state index contributed by atoms with van der Waals surface area (Å²) in [5.74, 6) is 0.775. The second-order valence-electron chi connectivity index (χ2n) is 5.93. The van der Waals surface area contributed by atoms with Gasteiger partial charge in [0.1, 0.15) is 5.75 Å². The van der Waals surface area contributed by atoms with Gasteiger partial charge in [0.25, 0.3) is 0 Å². The predicted molar refractivity (Wildman–Crippen MR) is 118 cm³/mol. The molecule has 1 N–H and O–H groups in total. The molecule has 6 nitrogen and oxygen atoms in total. The molecule has 2 heterocycles. The van der Waals surface area contributed by atoms with Crippen molar-refractivity contribution in [2.75, 3.05) is 12.5 Å². The number of benzene rings is 2. The van der Waals surface area contributed by atoms with E-state index in [-0.39, 0.29) is 5.02 Å². The fourth-order valence-electron chi connectivity index (χ4n) is 2.64. The van der Waals surface area contributed by atoms with Crippen molar-refractivity contribution in [2.45, 2.75) is 0 Å². The van der Waals surface area contributed by atoms with E-state index in [2.05, 4.69) is 15.5 Å². The summed E-state index contributed by atoms with van der Waals surface area (Å²) in [6.45, 7) is 0. The highest BCUT2D eigenvalue weighted by Gasteiger charge is 2.13. The molecule has 0 aliphatic heterocycles. The zero-order valence-electron chi connectivity index (χ0n) is 15.0. The molecule has 29 heavy (non-hydrogen) atoms. The number of nitrogens with one attached hydrogen (secondary N) is 1. The Morgan fingerprint density at radius 2 is 2.00 bits per heavy atom. The molecule has 146 valence electrons. The Hall–Kier alpha value is -2.87. The van der Waals surface area contributed by atoms with Gasteiger partial charge in [-0.3, -0.25) is 5.43 Å². The molecule has 2 aromatic carbocycles. The summed E-state index contributed by atoms with van der Waals surface area (Å²) in [6, 6.07) is 12.3. The molecule has 0 aliphatic carbocycles. The minimum Gasteiger partial charge on any atom is -0.497 e. The van der Waals surface area contributed by atoms with Gasteiger partial charge in [0.2, 0.25) is 5.13 Å². The zero-order valence-corrected chi connectivity index (χ0v) is 17.3. The van der Waals surface area contributed by atoms with Crippen LogP contribution in [0.4, 0.5) is 5.13 Å². The Morgan fingerprint density at radius 3 is 2.76 bits per heavy atom. The Balaban J connectivity index is 1.56. The number of aromatic nitrogens is 1. The van der Waals surface area contributed by atoms with Crippen molar-refractivity contribution in [1.82, 2.24) is 4.98 Å². The quantitative estimate of drug-likeness (QED) is 0.243. The van der Waals surface area contributed by atoms with E-state index < -0.39 is 5.63 Å². The van der Waals surface area contributed by atoms with E-state index in [0.717, 1.165) is 11.3 Å². The summed E-state index contributed by atoms with van der Waals surface area (Å²) in [7, 11) is 1.62. The minimum atomic E-state index is -0.527. The van der Waals surface area contributed by atoms with E-state index in [1.54, 1.807) is 30.8 Å². The average Bonchev–Trinajstić information content (AvgIpc) is 3.17. The molecular weight excluding hydrogens is 433 g/mol. The third kappa shape index (κ3) is 4.27. The molecule has 0 saturated heterocycles. The van der Waals surface area contributed by atoms with Crippen LogP contribution >= 0.6 is 34.5 Å². The molecule has 0 aliphatic rings. The number of hydrogen-bond donors (Lipinski definition) is 1. The molecule has 4 aromatic rings. The Morgan fingerprint density at radius 1 is 1.21 bits per heavy atom. The lowest BCUT2D eigenvalue weighted by Crippen LogP contribution is -2.03. The molecule has 0 radical (unpaired) electrons. The largest absolute Gasteiger partial charge is 0.497 e. The van der Waals surface area contributed by atoms with Crippen molar-refractivity contribution in [3.63, 3.8) is 0 Å². The molecule has 0 saturated carbocycles. The number of anilines is 1. The van der Waals surface area contributed by atoms with Gasteiger partial charge >= 0.3 is 5.63 Å². The van der Waals surface area contributed by atoms with Gasteiger partial charge in [-0.25, -0.2) is 9.78 Å². The van der Waals surface area contributed by atoms with Crippen LogP contribution in [0, 0.1) is 0 Å².